The molecule has 0 aromatic heterocycles. The van der Waals surface area contributed by atoms with Gasteiger partial charge in [0.05, 0.1) is 0 Å². The van der Waals surface area contributed by atoms with Crippen molar-refractivity contribution in [2.75, 3.05) is 12.4 Å². The lowest BCUT2D eigenvalue weighted by Gasteiger charge is -2.19. The molecule has 0 aliphatic heterocycles. The number of nitrogens with zero attached hydrogens (tertiary/aromatic N) is 1. The van der Waals surface area contributed by atoms with E-state index in [0.29, 0.717) is 11.9 Å². The summed E-state index contributed by atoms with van der Waals surface area (Å²) in [6.45, 7) is 0.648. The van der Waals surface area contributed by atoms with E-state index >= 15 is 0 Å². The zero-order valence-corrected chi connectivity index (χ0v) is 11.7. The summed E-state index contributed by atoms with van der Waals surface area (Å²) in [5.74, 6) is 0.0933. The van der Waals surface area contributed by atoms with Crippen LogP contribution in [0.2, 0.25) is 0 Å². The molecular weight excluding hydrogens is 322 g/mol. The second-order valence-electron chi connectivity index (χ2n) is 3.30. The van der Waals surface area contributed by atoms with Crippen LogP contribution < -0.4 is 0 Å². The molecule has 0 aliphatic rings. The van der Waals surface area contributed by atoms with Crippen LogP contribution in [0, 0.1) is 0 Å². The van der Waals surface area contributed by atoms with Crippen LogP contribution in [0.4, 0.5) is 0 Å². The highest BCUT2D eigenvalue weighted by atomic mass is 79.9. The Morgan fingerprint density at radius 2 is 2.00 bits per heavy atom. The first-order chi connectivity index (χ1) is 7.15. The summed E-state index contributed by atoms with van der Waals surface area (Å²) < 4.78 is 0. The van der Waals surface area contributed by atoms with Gasteiger partial charge in [0.1, 0.15) is 4.83 Å². The van der Waals surface area contributed by atoms with Gasteiger partial charge in [0, 0.05) is 18.9 Å². The van der Waals surface area contributed by atoms with Gasteiger partial charge in [-0.05, 0) is 5.56 Å². The molecule has 1 rings (SSSR count). The maximum atomic E-state index is 11.7. The van der Waals surface area contributed by atoms with Gasteiger partial charge in [0.2, 0.25) is 5.91 Å². The highest BCUT2D eigenvalue weighted by Crippen LogP contribution is 2.10. The molecule has 0 aliphatic carbocycles. The lowest BCUT2D eigenvalue weighted by molar-refractivity contribution is -0.129. The van der Waals surface area contributed by atoms with Gasteiger partial charge in [-0.1, -0.05) is 62.2 Å². The highest BCUT2D eigenvalue weighted by Gasteiger charge is 2.17. The number of benzene rings is 1. The van der Waals surface area contributed by atoms with Gasteiger partial charge < -0.3 is 4.90 Å². The minimum atomic E-state index is -0.147. The number of carbonyl (C=O) groups is 1. The van der Waals surface area contributed by atoms with Crippen LogP contribution in [0.3, 0.4) is 0 Å². The smallest absolute Gasteiger partial charge is 0.237 e. The summed E-state index contributed by atoms with van der Waals surface area (Å²) in [6.07, 6.45) is 0. The van der Waals surface area contributed by atoms with E-state index in [2.05, 4.69) is 31.9 Å². The molecular formula is C11H13Br2NO. The predicted octanol–water partition coefficient (Wildman–Crippen LogP) is 2.80. The van der Waals surface area contributed by atoms with Crippen molar-refractivity contribution in [1.29, 1.82) is 0 Å². The lowest BCUT2D eigenvalue weighted by Crippen LogP contribution is -2.33. The van der Waals surface area contributed by atoms with Crippen molar-refractivity contribution in [2.24, 2.45) is 0 Å². The van der Waals surface area contributed by atoms with E-state index in [1.165, 1.54) is 0 Å². The third-order valence-electron chi connectivity index (χ3n) is 2.04. The summed E-state index contributed by atoms with van der Waals surface area (Å²) in [6, 6.07) is 9.95. The fraction of sp³-hybridized carbons (Fsp3) is 0.364. The number of hydrogen-bond acceptors (Lipinski definition) is 1. The molecule has 1 aromatic carbocycles. The number of alkyl halides is 2. The van der Waals surface area contributed by atoms with E-state index in [0.717, 1.165) is 5.56 Å². The molecule has 0 spiro atoms. The first-order valence-electron chi connectivity index (χ1n) is 4.64. The van der Waals surface area contributed by atoms with Crippen molar-refractivity contribution in [3.63, 3.8) is 0 Å². The molecule has 0 N–H and O–H groups in total. The second kappa shape index (κ2) is 6.28. The topological polar surface area (TPSA) is 20.3 Å². The van der Waals surface area contributed by atoms with E-state index in [4.69, 9.17) is 0 Å². The van der Waals surface area contributed by atoms with Crippen molar-refractivity contribution in [1.82, 2.24) is 4.90 Å². The van der Waals surface area contributed by atoms with E-state index in [-0.39, 0.29) is 10.7 Å². The Labute approximate surface area is 107 Å². The maximum Gasteiger partial charge on any atom is 0.237 e. The molecule has 4 heteroatoms. The summed E-state index contributed by atoms with van der Waals surface area (Å²) >= 11 is 6.59. The monoisotopic (exact) mass is 333 g/mol. The van der Waals surface area contributed by atoms with Crippen LogP contribution in [0.1, 0.15) is 5.56 Å². The Kier molecular flexibility index (Phi) is 5.32. The molecule has 0 bridgehead atoms. The standard InChI is InChI=1S/C11H13Br2NO/c1-14(11(15)10(13)7-12)8-9-5-3-2-4-6-9/h2-6,10H,7-8H2,1H3. The number of amides is 1. The molecule has 82 valence electrons. The molecule has 15 heavy (non-hydrogen) atoms. The van der Waals surface area contributed by atoms with E-state index in [1.54, 1.807) is 4.90 Å². The molecule has 1 aromatic rings. The number of carbonyl (C=O) groups excluding carboxylic acids is 1. The molecule has 1 amide bonds. The van der Waals surface area contributed by atoms with Gasteiger partial charge in [0.25, 0.3) is 0 Å². The third-order valence-corrected chi connectivity index (χ3v) is 4.27. The van der Waals surface area contributed by atoms with Crippen LogP contribution in [-0.4, -0.2) is 28.0 Å². The van der Waals surface area contributed by atoms with Crippen LogP contribution >= 0.6 is 31.9 Å². The van der Waals surface area contributed by atoms with Gasteiger partial charge in [-0.25, -0.2) is 0 Å². The first-order valence-corrected chi connectivity index (χ1v) is 6.67. The largest absolute Gasteiger partial charge is 0.340 e. The third kappa shape index (κ3) is 3.95. The number of halogens is 2. The quantitative estimate of drug-likeness (QED) is 0.775. The Balaban J connectivity index is 2.56. The van der Waals surface area contributed by atoms with Gasteiger partial charge in [0.15, 0.2) is 0 Å². The zero-order valence-electron chi connectivity index (χ0n) is 8.49. The fourth-order valence-corrected chi connectivity index (χ4v) is 1.87. The molecule has 1 unspecified atom stereocenters. The van der Waals surface area contributed by atoms with Gasteiger partial charge in [-0.3, -0.25) is 4.79 Å². The molecule has 0 radical (unpaired) electrons. The lowest BCUT2D eigenvalue weighted by atomic mass is 10.2. The van der Waals surface area contributed by atoms with Crippen molar-refractivity contribution in [2.45, 2.75) is 11.4 Å². The summed E-state index contributed by atoms with van der Waals surface area (Å²) in [5, 5.41) is 0.630. The summed E-state index contributed by atoms with van der Waals surface area (Å²) in [7, 11) is 1.81. The average Bonchev–Trinajstić information content (AvgIpc) is 2.28. The number of rotatable bonds is 4. The maximum absolute atomic E-state index is 11.7. The molecule has 0 fully saturated rings. The number of hydrogen-bond donors (Lipinski definition) is 0. The van der Waals surface area contributed by atoms with E-state index in [1.807, 2.05) is 37.4 Å². The van der Waals surface area contributed by atoms with Crippen LogP contribution in [0.15, 0.2) is 30.3 Å². The summed E-state index contributed by atoms with van der Waals surface area (Å²) in [5.41, 5.74) is 1.14. The molecule has 1 atom stereocenters. The van der Waals surface area contributed by atoms with Gasteiger partial charge >= 0.3 is 0 Å². The van der Waals surface area contributed by atoms with Gasteiger partial charge in [-0.15, -0.1) is 0 Å². The average molecular weight is 335 g/mol. The molecule has 0 saturated carbocycles. The van der Waals surface area contributed by atoms with Crippen molar-refractivity contribution >= 4 is 37.8 Å². The van der Waals surface area contributed by atoms with E-state index in [9.17, 15) is 4.79 Å². The Bertz CT molecular complexity index is 316. The predicted molar refractivity (Wildman–Crippen MR) is 69.4 cm³/mol. The van der Waals surface area contributed by atoms with Crippen molar-refractivity contribution < 1.29 is 4.79 Å². The first kappa shape index (κ1) is 12.7. The Hall–Kier alpha value is -0.350. The SMILES string of the molecule is CN(Cc1ccccc1)C(=O)C(Br)CBr. The van der Waals surface area contributed by atoms with Crippen LogP contribution in [0.25, 0.3) is 0 Å². The normalized spacial score (nSPS) is 12.2. The minimum absolute atomic E-state index is 0.0933. The van der Waals surface area contributed by atoms with E-state index < -0.39 is 0 Å². The molecule has 2 nitrogen and oxygen atoms in total. The second-order valence-corrected chi connectivity index (χ2v) is 5.05. The summed E-state index contributed by atoms with van der Waals surface area (Å²) in [4.78, 5) is 13.3. The van der Waals surface area contributed by atoms with Gasteiger partial charge in [-0.2, -0.15) is 0 Å². The molecule has 0 heterocycles. The van der Waals surface area contributed by atoms with Crippen molar-refractivity contribution in [3.8, 4) is 0 Å². The van der Waals surface area contributed by atoms with Crippen LogP contribution in [0.5, 0.6) is 0 Å². The zero-order chi connectivity index (χ0) is 11.3. The Morgan fingerprint density at radius 3 is 2.53 bits per heavy atom. The Morgan fingerprint density at radius 1 is 1.40 bits per heavy atom. The minimum Gasteiger partial charge on any atom is -0.340 e. The highest BCUT2D eigenvalue weighted by molar-refractivity contribution is 9.12. The fourth-order valence-electron chi connectivity index (χ4n) is 1.24. The van der Waals surface area contributed by atoms with Crippen molar-refractivity contribution in [3.05, 3.63) is 35.9 Å². The van der Waals surface area contributed by atoms with Crippen LogP contribution in [-0.2, 0) is 11.3 Å². The molecule has 0 saturated heterocycles.